The number of ether oxygens (including phenoxy) is 1. The summed E-state index contributed by atoms with van der Waals surface area (Å²) in [5.41, 5.74) is 5.55. The standard InChI is InChI=1S/C10H19N3O2/c11-6-9-7-12(4-5-15-9)8-10(14)13-2-1-3-13/h9H,1-8,11H2. The minimum atomic E-state index is 0.0999. The van der Waals surface area contributed by atoms with E-state index in [9.17, 15) is 4.79 Å². The molecular weight excluding hydrogens is 194 g/mol. The Morgan fingerprint density at radius 3 is 2.80 bits per heavy atom. The number of nitrogens with zero attached hydrogens (tertiary/aromatic N) is 2. The highest BCUT2D eigenvalue weighted by atomic mass is 16.5. The fourth-order valence-corrected chi connectivity index (χ4v) is 1.92. The second-order valence-electron chi connectivity index (χ2n) is 4.20. The minimum Gasteiger partial charge on any atom is -0.374 e. The van der Waals surface area contributed by atoms with Crippen molar-refractivity contribution < 1.29 is 9.53 Å². The van der Waals surface area contributed by atoms with E-state index in [2.05, 4.69) is 4.90 Å². The van der Waals surface area contributed by atoms with Crippen LogP contribution in [0.4, 0.5) is 0 Å². The second kappa shape index (κ2) is 4.92. The molecule has 2 fully saturated rings. The largest absolute Gasteiger partial charge is 0.374 e. The molecule has 0 aliphatic carbocycles. The van der Waals surface area contributed by atoms with Crippen LogP contribution in [-0.4, -0.2) is 67.7 Å². The van der Waals surface area contributed by atoms with Crippen molar-refractivity contribution in [1.29, 1.82) is 0 Å². The maximum atomic E-state index is 11.7. The van der Waals surface area contributed by atoms with E-state index in [-0.39, 0.29) is 12.0 Å². The number of carbonyl (C=O) groups excluding carboxylic acids is 1. The second-order valence-corrected chi connectivity index (χ2v) is 4.20. The highest BCUT2D eigenvalue weighted by Gasteiger charge is 2.25. The molecule has 0 aromatic heterocycles. The van der Waals surface area contributed by atoms with Gasteiger partial charge in [-0.25, -0.2) is 0 Å². The Hall–Kier alpha value is -0.650. The summed E-state index contributed by atoms with van der Waals surface area (Å²) < 4.78 is 5.45. The Balaban J connectivity index is 1.75. The molecule has 86 valence electrons. The van der Waals surface area contributed by atoms with Gasteiger partial charge in [-0.15, -0.1) is 0 Å². The van der Waals surface area contributed by atoms with Gasteiger partial charge in [0.15, 0.2) is 0 Å². The molecule has 1 amide bonds. The van der Waals surface area contributed by atoms with E-state index in [1.54, 1.807) is 0 Å². The molecule has 5 heteroatoms. The number of rotatable bonds is 3. The summed E-state index contributed by atoms with van der Waals surface area (Å²) in [4.78, 5) is 15.8. The quantitative estimate of drug-likeness (QED) is 0.645. The molecular formula is C10H19N3O2. The Morgan fingerprint density at radius 2 is 2.20 bits per heavy atom. The topological polar surface area (TPSA) is 58.8 Å². The van der Waals surface area contributed by atoms with Crippen LogP contribution < -0.4 is 5.73 Å². The highest BCUT2D eigenvalue weighted by Crippen LogP contribution is 2.09. The van der Waals surface area contributed by atoms with E-state index >= 15 is 0 Å². The van der Waals surface area contributed by atoms with Gasteiger partial charge in [0.05, 0.1) is 19.3 Å². The smallest absolute Gasteiger partial charge is 0.236 e. The fraction of sp³-hybridized carbons (Fsp3) is 0.900. The van der Waals surface area contributed by atoms with Crippen LogP contribution in [0.15, 0.2) is 0 Å². The molecule has 0 aromatic carbocycles. The molecule has 5 nitrogen and oxygen atoms in total. The normalized spacial score (nSPS) is 27.5. The minimum absolute atomic E-state index is 0.0999. The third kappa shape index (κ3) is 2.68. The number of morpholine rings is 1. The van der Waals surface area contributed by atoms with Crippen molar-refractivity contribution in [2.45, 2.75) is 12.5 Å². The van der Waals surface area contributed by atoms with Gasteiger partial charge in [-0.2, -0.15) is 0 Å². The molecule has 15 heavy (non-hydrogen) atoms. The van der Waals surface area contributed by atoms with Gasteiger partial charge in [0.2, 0.25) is 5.91 Å². The van der Waals surface area contributed by atoms with Crippen LogP contribution in [0.25, 0.3) is 0 Å². The lowest BCUT2D eigenvalue weighted by Crippen LogP contribution is -2.52. The molecule has 2 aliphatic heterocycles. The summed E-state index contributed by atoms with van der Waals surface area (Å²) in [6.45, 7) is 5.25. The zero-order chi connectivity index (χ0) is 10.7. The average molecular weight is 213 g/mol. The zero-order valence-electron chi connectivity index (χ0n) is 9.02. The van der Waals surface area contributed by atoms with Crippen LogP contribution in [0.1, 0.15) is 6.42 Å². The first-order chi connectivity index (χ1) is 7.29. The van der Waals surface area contributed by atoms with Crippen LogP contribution in [0, 0.1) is 0 Å². The predicted octanol–water partition coefficient (Wildman–Crippen LogP) is -1.12. The molecule has 0 bridgehead atoms. The van der Waals surface area contributed by atoms with Crippen LogP contribution >= 0.6 is 0 Å². The van der Waals surface area contributed by atoms with Crippen molar-refractivity contribution in [2.75, 3.05) is 45.9 Å². The van der Waals surface area contributed by atoms with Crippen molar-refractivity contribution >= 4 is 5.91 Å². The summed E-state index contributed by atoms with van der Waals surface area (Å²) in [6, 6.07) is 0. The Bertz CT molecular complexity index is 231. The van der Waals surface area contributed by atoms with E-state index in [1.165, 1.54) is 0 Å². The maximum absolute atomic E-state index is 11.7. The molecule has 2 rings (SSSR count). The van der Waals surface area contributed by atoms with Crippen LogP contribution in [0.5, 0.6) is 0 Å². The number of likely N-dealkylation sites (tertiary alicyclic amines) is 1. The van der Waals surface area contributed by atoms with Crippen molar-refractivity contribution in [3.05, 3.63) is 0 Å². The molecule has 0 spiro atoms. The van der Waals surface area contributed by atoms with Gasteiger partial charge in [0, 0.05) is 32.7 Å². The zero-order valence-corrected chi connectivity index (χ0v) is 9.02. The van der Waals surface area contributed by atoms with Crippen molar-refractivity contribution in [2.24, 2.45) is 5.73 Å². The van der Waals surface area contributed by atoms with Gasteiger partial charge in [-0.05, 0) is 6.42 Å². The number of nitrogens with two attached hydrogens (primary N) is 1. The molecule has 2 heterocycles. The SMILES string of the molecule is NCC1CN(CC(=O)N2CCC2)CCO1. The van der Waals surface area contributed by atoms with Gasteiger partial charge in [0.1, 0.15) is 0 Å². The highest BCUT2D eigenvalue weighted by molar-refractivity contribution is 5.78. The molecule has 1 unspecified atom stereocenters. The number of amides is 1. The first kappa shape index (κ1) is 10.9. The molecule has 0 saturated carbocycles. The van der Waals surface area contributed by atoms with Gasteiger partial charge in [0.25, 0.3) is 0 Å². The lowest BCUT2D eigenvalue weighted by atomic mass is 10.2. The lowest BCUT2D eigenvalue weighted by Gasteiger charge is -2.36. The average Bonchev–Trinajstić information content (AvgIpc) is 2.15. The third-order valence-electron chi connectivity index (χ3n) is 3.05. The first-order valence-electron chi connectivity index (χ1n) is 5.61. The summed E-state index contributed by atoms with van der Waals surface area (Å²) in [6.07, 6.45) is 1.25. The van der Waals surface area contributed by atoms with Crippen LogP contribution in [0.2, 0.25) is 0 Å². The van der Waals surface area contributed by atoms with Gasteiger partial charge in [-0.3, -0.25) is 9.69 Å². The van der Waals surface area contributed by atoms with Gasteiger partial charge in [-0.1, -0.05) is 0 Å². The molecule has 2 N–H and O–H groups in total. The summed E-state index contributed by atoms with van der Waals surface area (Å²) in [5, 5.41) is 0. The first-order valence-corrected chi connectivity index (χ1v) is 5.61. The third-order valence-corrected chi connectivity index (χ3v) is 3.05. The maximum Gasteiger partial charge on any atom is 0.236 e. The van der Waals surface area contributed by atoms with Gasteiger partial charge >= 0.3 is 0 Å². The monoisotopic (exact) mass is 213 g/mol. The van der Waals surface area contributed by atoms with E-state index in [1.807, 2.05) is 4.90 Å². The lowest BCUT2D eigenvalue weighted by molar-refractivity contribution is -0.137. The Morgan fingerprint density at radius 1 is 1.40 bits per heavy atom. The number of hydrogen-bond acceptors (Lipinski definition) is 4. The Kier molecular flexibility index (Phi) is 3.56. The molecule has 0 radical (unpaired) electrons. The van der Waals surface area contributed by atoms with Crippen LogP contribution in [0.3, 0.4) is 0 Å². The van der Waals surface area contributed by atoms with E-state index in [0.29, 0.717) is 19.7 Å². The van der Waals surface area contributed by atoms with Crippen molar-refractivity contribution in [3.63, 3.8) is 0 Å². The predicted molar refractivity (Wildman–Crippen MR) is 56.4 cm³/mol. The number of hydrogen-bond donors (Lipinski definition) is 1. The van der Waals surface area contributed by atoms with E-state index in [4.69, 9.17) is 10.5 Å². The van der Waals surface area contributed by atoms with E-state index in [0.717, 1.165) is 32.6 Å². The molecule has 2 aliphatic rings. The van der Waals surface area contributed by atoms with E-state index < -0.39 is 0 Å². The van der Waals surface area contributed by atoms with Crippen LogP contribution in [-0.2, 0) is 9.53 Å². The number of carbonyl (C=O) groups is 1. The summed E-state index contributed by atoms with van der Waals surface area (Å²) in [7, 11) is 0. The molecule has 0 aromatic rings. The fourth-order valence-electron chi connectivity index (χ4n) is 1.92. The van der Waals surface area contributed by atoms with Crippen molar-refractivity contribution in [1.82, 2.24) is 9.80 Å². The summed E-state index contributed by atoms with van der Waals surface area (Å²) in [5.74, 6) is 0.249. The summed E-state index contributed by atoms with van der Waals surface area (Å²) >= 11 is 0. The molecule has 1 atom stereocenters. The van der Waals surface area contributed by atoms with Crippen molar-refractivity contribution in [3.8, 4) is 0 Å². The van der Waals surface area contributed by atoms with Gasteiger partial charge < -0.3 is 15.4 Å². The Labute approximate surface area is 90.1 Å². The molecule has 2 saturated heterocycles.